The van der Waals surface area contributed by atoms with Gasteiger partial charge in [0.1, 0.15) is 0 Å². The van der Waals surface area contributed by atoms with E-state index in [1.165, 1.54) is 0 Å². The van der Waals surface area contributed by atoms with Crippen LogP contribution in [0.4, 0.5) is 0 Å². The highest BCUT2D eigenvalue weighted by Crippen LogP contribution is 2.16. The Kier molecular flexibility index (Phi) is 3.25. The minimum atomic E-state index is -0.956. The third-order valence-corrected chi connectivity index (χ3v) is 2.20. The Bertz CT molecular complexity index is 533. The molecule has 1 N–H and O–H groups in total. The number of aromatic nitrogens is 2. The van der Waals surface area contributed by atoms with Crippen LogP contribution in [0.25, 0.3) is 17.3 Å². The lowest BCUT2D eigenvalue weighted by Crippen LogP contribution is -1.87. The Morgan fingerprint density at radius 2 is 1.94 bits per heavy atom. The molecule has 2 aromatic rings. The summed E-state index contributed by atoms with van der Waals surface area (Å²) in [6.45, 7) is 0. The lowest BCUT2D eigenvalue weighted by Gasteiger charge is -1.99. The van der Waals surface area contributed by atoms with Crippen molar-refractivity contribution in [2.24, 2.45) is 0 Å². The fraction of sp³-hybridized carbons (Fsp3) is 0. The quantitative estimate of drug-likeness (QED) is 0.815. The van der Waals surface area contributed by atoms with E-state index < -0.39 is 5.97 Å². The smallest absolute Gasteiger partial charge is 0.328 e. The maximum Gasteiger partial charge on any atom is 0.328 e. The lowest BCUT2D eigenvalue weighted by atomic mass is 10.1. The first-order valence-electron chi connectivity index (χ1n) is 5.05. The van der Waals surface area contributed by atoms with Crippen LogP contribution in [-0.4, -0.2) is 21.3 Å². The molecule has 1 aromatic heterocycles. The van der Waals surface area contributed by atoms with Crippen molar-refractivity contribution in [3.8, 4) is 11.3 Å². The number of hydrogen-bond acceptors (Lipinski definition) is 3. The lowest BCUT2D eigenvalue weighted by molar-refractivity contribution is -0.131. The molecule has 4 nitrogen and oxygen atoms in total. The summed E-state index contributed by atoms with van der Waals surface area (Å²) in [4.78, 5) is 10.4. The van der Waals surface area contributed by atoms with Crippen molar-refractivity contribution in [2.75, 3.05) is 0 Å². The summed E-state index contributed by atoms with van der Waals surface area (Å²) in [6.07, 6.45) is 4.27. The molecule has 0 aliphatic carbocycles. The molecule has 1 aromatic carbocycles. The number of aliphatic carboxylic acids is 1. The van der Waals surface area contributed by atoms with Gasteiger partial charge in [-0.15, -0.1) is 0 Å². The SMILES string of the molecule is O=C(O)C=Cc1ccc(-c2cccnn2)cc1. The van der Waals surface area contributed by atoms with Crippen LogP contribution in [0.2, 0.25) is 0 Å². The van der Waals surface area contributed by atoms with Gasteiger partial charge >= 0.3 is 5.97 Å². The van der Waals surface area contributed by atoms with E-state index in [9.17, 15) is 4.79 Å². The van der Waals surface area contributed by atoms with Gasteiger partial charge in [-0.3, -0.25) is 0 Å². The largest absolute Gasteiger partial charge is 0.478 e. The summed E-state index contributed by atoms with van der Waals surface area (Å²) in [7, 11) is 0. The fourth-order valence-corrected chi connectivity index (χ4v) is 1.39. The molecule has 0 atom stereocenters. The molecular formula is C13H10N2O2. The first kappa shape index (κ1) is 11.0. The van der Waals surface area contributed by atoms with E-state index in [1.807, 2.05) is 36.4 Å². The molecule has 0 saturated carbocycles. The maximum atomic E-state index is 10.4. The molecule has 17 heavy (non-hydrogen) atoms. The van der Waals surface area contributed by atoms with Gasteiger partial charge in [0.25, 0.3) is 0 Å². The molecule has 0 aliphatic heterocycles. The molecule has 0 spiro atoms. The van der Waals surface area contributed by atoms with Gasteiger partial charge in [0.05, 0.1) is 5.69 Å². The average Bonchev–Trinajstić information content (AvgIpc) is 2.38. The summed E-state index contributed by atoms with van der Waals surface area (Å²) in [5.41, 5.74) is 2.58. The zero-order chi connectivity index (χ0) is 12.1. The molecule has 0 amide bonds. The Hall–Kier alpha value is -2.49. The fourth-order valence-electron chi connectivity index (χ4n) is 1.39. The predicted octanol–water partition coefficient (Wildman–Crippen LogP) is 2.24. The molecule has 0 aliphatic rings. The molecule has 4 heteroatoms. The molecule has 84 valence electrons. The van der Waals surface area contributed by atoms with Crippen LogP contribution >= 0.6 is 0 Å². The van der Waals surface area contributed by atoms with Crippen molar-refractivity contribution < 1.29 is 9.90 Å². The zero-order valence-corrected chi connectivity index (χ0v) is 8.95. The molecule has 0 saturated heterocycles. The Balaban J connectivity index is 2.22. The summed E-state index contributed by atoms with van der Waals surface area (Å²) < 4.78 is 0. The number of nitrogens with zero attached hydrogens (tertiary/aromatic N) is 2. The summed E-state index contributed by atoms with van der Waals surface area (Å²) in [6, 6.07) is 11.1. The van der Waals surface area contributed by atoms with Crippen molar-refractivity contribution in [3.63, 3.8) is 0 Å². The van der Waals surface area contributed by atoms with Crippen LogP contribution < -0.4 is 0 Å². The van der Waals surface area contributed by atoms with Gasteiger partial charge < -0.3 is 5.11 Å². The predicted molar refractivity (Wildman–Crippen MR) is 64.1 cm³/mol. The molecule has 0 radical (unpaired) electrons. The van der Waals surface area contributed by atoms with Crippen LogP contribution in [0, 0.1) is 0 Å². The van der Waals surface area contributed by atoms with E-state index in [-0.39, 0.29) is 0 Å². The number of hydrogen-bond donors (Lipinski definition) is 1. The topological polar surface area (TPSA) is 63.1 Å². The molecule has 0 bridgehead atoms. The summed E-state index contributed by atoms with van der Waals surface area (Å²) in [5, 5.41) is 16.3. The Morgan fingerprint density at radius 1 is 1.18 bits per heavy atom. The molecular weight excluding hydrogens is 216 g/mol. The number of carbonyl (C=O) groups is 1. The van der Waals surface area contributed by atoms with Crippen LogP contribution in [0.1, 0.15) is 5.56 Å². The minimum Gasteiger partial charge on any atom is -0.478 e. The second-order valence-electron chi connectivity index (χ2n) is 3.40. The molecule has 2 rings (SSSR count). The van der Waals surface area contributed by atoms with E-state index in [1.54, 1.807) is 12.3 Å². The van der Waals surface area contributed by atoms with E-state index in [0.717, 1.165) is 22.9 Å². The number of carboxylic acid groups (broad SMARTS) is 1. The van der Waals surface area contributed by atoms with Gasteiger partial charge in [-0.25, -0.2) is 4.79 Å². The highest BCUT2D eigenvalue weighted by molar-refractivity contribution is 5.85. The van der Waals surface area contributed by atoms with E-state index in [2.05, 4.69) is 10.2 Å². The highest BCUT2D eigenvalue weighted by Gasteiger charge is 1.98. The van der Waals surface area contributed by atoms with Gasteiger partial charge in [0, 0.05) is 17.8 Å². The number of carboxylic acids is 1. The van der Waals surface area contributed by atoms with Crippen molar-refractivity contribution in [1.82, 2.24) is 10.2 Å². The third-order valence-electron chi connectivity index (χ3n) is 2.20. The van der Waals surface area contributed by atoms with Gasteiger partial charge in [-0.05, 0) is 23.8 Å². The normalized spacial score (nSPS) is 10.6. The third kappa shape index (κ3) is 2.98. The first-order valence-corrected chi connectivity index (χ1v) is 5.05. The van der Waals surface area contributed by atoms with E-state index >= 15 is 0 Å². The highest BCUT2D eigenvalue weighted by atomic mass is 16.4. The van der Waals surface area contributed by atoms with Crippen molar-refractivity contribution in [2.45, 2.75) is 0 Å². The average molecular weight is 226 g/mol. The van der Waals surface area contributed by atoms with Crippen LogP contribution in [0.5, 0.6) is 0 Å². The first-order chi connectivity index (χ1) is 8.25. The van der Waals surface area contributed by atoms with Gasteiger partial charge in [-0.1, -0.05) is 24.3 Å². The Labute approximate surface area is 98.3 Å². The van der Waals surface area contributed by atoms with Crippen LogP contribution in [0.15, 0.2) is 48.7 Å². The molecule has 1 heterocycles. The number of rotatable bonds is 3. The second-order valence-corrected chi connectivity index (χ2v) is 3.40. The maximum absolute atomic E-state index is 10.4. The Morgan fingerprint density at radius 3 is 2.53 bits per heavy atom. The van der Waals surface area contributed by atoms with Gasteiger partial charge in [0.15, 0.2) is 0 Å². The monoisotopic (exact) mass is 226 g/mol. The van der Waals surface area contributed by atoms with Gasteiger partial charge in [-0.2, -0.15) is 10.2 Å². The molecule has 0 unspecified atom stereocenters. The van der Waals surface area contributed by atoms with Crippen LogP contribution in [0.3, 0.4) is 0 Å². The summed E-state index contributed by atoms with van der Waals surface area (Å²) >= 11 is 0. The summed E-state index contributed by atoms with van der Waals surface area (Å²) in [5.74, 6) is -0.956. The van der Waals surface area contributed by atoms with Gasteiger partial charge in [0.2, 0.25) is 0 Å². The standard InChI is InChI=1S/C13H10N2O2/c16-13(17)8-5-10-3-6-11(7-4-10)12-2-1-9-14-15-12/h1-9H,(H,16,17). The second kappa shape index (κ2) is 5.03. The van der Waals surface area contributed by atoms with E-state index in [0.29, 0.717) is 0 Å². The minimum absolute atomic E-state index is 0.793. The van der Waals surface area contributed by atoms with Crippen molar-refractivity contribution in [3.05, 3.63) is 54.2 Å². The van der Waals surface area contributed by atoms with Crippen LogP contribution in [-0.2, 0) is 4.79 Å². The van der Waals surface area contributed by atoms with Crippen molar-refractivity contribution in [1.29, 1.82) is 0 Å². The molecule has 0 fully saturated rings. The number of benzene rings is 1. The van der Waals surface area contributed by atoms with Crippen molar-refractivity contribution >= 4 is 12.0 Å². The zero-order valence-electron chi connectivity index (χ0n) is 8.95. The van der Waals surface area contributed by atoms with E-state index in [4.69, 9.17) is 5.11 Å².